The van der Waals surface area contributed by atoms with Gasteiger partial charge in [0.05, 0.1) is 11.4 Å². The van der Waals surface area contributed by atoms with Crippen LogP contribution in [0.15, 0.2) is 146 Å². The molecule has 0 fully saturated rings. The largest absolute Gasteiger partial charge is 0.256 e. The first-order valence-corrected chi connectivity index (χ1v) is 16.4. The van der Waals surface area contributed by atoms with Crippen LogP contribution in [0, 0.1) is 0 Å². The lowest BCUT2D eigenvalue weighted by Crippen LogP contribution is -2.55. The fourth-order valence-electron chi connectivity index (χ4n) is 5.08. The van der Waals surface area contributed by atoms with Crippen molar-refractivity contribution in [2.45, 2.75) is 13.1 Å². The number of hydrogen-bond donors (Lipinski definition) is 0. The van der Waals surface area contributed by atoms with Gasteiger partial charge in [0.15, 0.2) is 8.07 Å². The van der Waals surface area contributed by atoms with Crippen molar-refractivity contribution in [3.8, 4) is 44.8 Å². The zero-order chi connectivity index (χ0) is 26.7. The first-order chi connectivity index (χ1) is 19.1. The summed E-state index contributed by atoms with van der Waals surface area (Å²) in [5, 5.41) is 2.25. The maximum atomic E-state index is 5.37. The molecule has 0 atom stereocenters. The molecule has 0 radical (unpaired) electrons. The summed E-state index contributed by atoms with van der Waals surface area (Å²) in [7, 11) is -2.25. The fraction of sp³-hybridized carbons (Fsp3) is 0.0556. The molecule has 2 heterocycles. The lowest BCUT2D eigenvalue weighted by molar-refractivity contribution is 1.33. The van der Waals surface area contributed by atoms with Crippen molar-refractivity contribution in [1.82, 2.24) is 9.97 Å². The van der Waals surface area contributed by atoms with Crippen LogP contribution in [-0.2, 0) is 0 Å². The lowest BCUT2D eigenvalue weighted by atomic mass is 9.99. The van der Waals surface area contributed by atoms with E-state index in [2.05, 4.69) is 159 Å². The molecule has 0 bridgehead atoms. The van der Waals surface area contributed by atoms with Gasteiger partial charge in [0.25, 0.3) is 0 Å². The number of nitrogens with zero attached hydrogens (tertiary/aromatic N) is 2. The van der Waals surface area contributed by atoms with Crippen molar-refractivity contribution in [1.29, 1.82) is 0 Å². The Kier molecular flexibility index (Phi) is 6.74. The summed E-state index contributed by atoms with van der Waals surface area (Å²) < 4.78 is 0. The Hall–Kier alpha value is -4.60. The van der Waals surface area contributed by atoms with Gasteiger partial charge in [-0.15, -0.1) is 0 Å². The molecular formula is C36H30N2Si. The second kappa shape index (κ2) is 10.6. The normalized spacial score (nSPS) is 11.3. The van der Waals surface area contributed by atoms with Crippen LogP contribution in [0.1, 0.15) is 0 Å². The first kappa shape index (κ1) is 24.7. The molecule has 0 amide bonds. The molecule has 0 saturated heterocycles. The van der Waals surface area contributed by atoms with E-state index < -0.39 is 8.07 Å². The first-order valence-electron chi connectivity index (χ1n) is 13.4. The number of benzene rings is 4. The molecule has 2 nitrogen and oxygen atoms in total. The molecule has 0 unspecified atom stereocenters. The van der Waals surface area contributed by atoms with Crippen molar-refractivity contribution in [3.63, 3.8) is 0 Å². The maximum absolute atomic E-state index is 5.37. The van der Waals surface area contributed by atoms with Crippen molar-refractivity contribution < 1.29 is 0 Å². The molecule has 6 aromatic rings. The Bertz CT molecular complexity index is 1570. The molecule has 188 valence electrons. The van der Waals surface area contributed by atoms with Crippen LogP contribution in [0.5, 0.6) is 0 Å². The summed E-state index contributed by atoms with van der Waals surface area (Å²) in [6.45, 7) is 4.71. The third kappa shape index (κ3) is 4.97. The average molecular weight is 519 g/mol. The van der Waals surface area contributed by atoms with Gasteiger partial charge in [-0.2, -0.15) is 0 Å². The number of rotatable bonds is 6. The second-order valence-electron chi connectivity index (χ2n) is 10.3. The molecule has 0 aliphatic rings. The summed E-state index contributed by atoms with van der Waals surface area (Å²) in [6, 6.07) is 51.0. The van der Waals surface area contributed by atoms with Gasteiger partial charge in [-0.25, -0.2) is 0 Å². The standard InChI is InChI=1S/C36H30N2Si/c1-39(2,33-25-23-31(27-15-7-3-8-16-27)35(37-33)29-19-11-5-12-20-29)34-26-24-32(28-17-9-4-10-18-28)36(38-34)30-21-13-6-14-22-30/h3-26H,1-2H3. The van der Waals surface area contributed by atoms with Crippen molar-refractivity contribution in [2.24, 2.45) is 0 Å². The lowest BCUT2D eigenvalue weighted by Gasteiger charge is -2.24. The third-order valence-electron chi connectivity index (χ3n) is 7.34. The summed E-state index contributed by atoms with van der Waals surface area (Å²) in [5.74, 6) is 0. The van der Waals surface area contributed by atoms with Gasteiger partial charge >= 0.3 is 0 Å². The minimum atomic E-state index is -2.25. The number of hydrogen-bond acceptors (Lipinski definition) is 2. The Morgan fingerprint density at radius 3 is 1.00 bits per heavy atom. The predicted octanol–water partition coefficient (Wildman–Crippen LogP) is 7.97. The molecule has 39 heavy (non-hydrogen) atoms. The maximum Gasteiger partial charge on any atom is 0.158 e. The molecule has 0 spiro atoms. The smallest absolute Gasteiger partial charge is 0.158 e. The van der Waals surface area contributed by atoms with Crippen LogP contribution in [0.3, 0.4) is 0 Å². The van der Waals surface area contributed by atoms with Crippen LogP contribution in [0.4, 0.5) is 0 Å². The zero-order valence-corrected chi connectivity index (χ0v) is 23.3. The highest BCUT2D eigenvalue weighted by Gasteiger charge is 2.31. The highest BCUT2D eigenvalue weighted by Crippen LogP contribution is 2.31. The van der Waals surface area contributed by atoms with Crippen LogP contribution in [0.2, 0.25) is 13.1 Å². The van der Waals surface area contributed by atoms with Crippen LogP contribution >= 0.6 is 0 Å². The number of aromatic nitrogens is 2. The van der Waals surface area contributed by atoms with E-state index in [0.717, 1.165) is 44.3 Å². The highest BCUT2D eigenvalue weighted by molar-refractivity contribution is 6.99. The van der Waals surface area contributed by atoms with Gasteiger partial charge in [-0.3, -0.25) is 9.97 Å². The molecule has 6 rings (SSSR count). The number of pyridine rings is 2. The highest BCUT2D eigenvalue weighted by atomic mass is 28.3. The van der Waals surface area contributed by atoms with E-state index >= 15 is 0 Å². The van der Waals surface area contributed by atoms with Crippen molar-refractivity contribution in [2.75, 3.05) is 0 Å². The molecule has 0 aliphatic heterocycles. The van der Waals surface area contributed by atoms with Crippen molar-refractivity contribution >= 4 is 18.7 Å². The second-order valence-corrected chi connectivity index (χ2v) is 14.5. The molecule has 3 heteroatoms. The average Bonchev–Trinajstić information content (AvgIpc) is 3.02. The SMILES string of the molecule is C[Si](C)(c1ccc(-c2ccccc2)c(-c2ccccc2)n1)c1ccc(-c2ccccc2)c(-c2ccccc2)n1. The minimum absolute atomic E-state index is 1.02. The molecule has 0 N–H and O–H groups in total. The van der Waals surface area contributed by atoms with Crippen LogP contribution in [-0.4, -0.2) is 18.0 Å². The van der Waals surface area contributed by atoms with E-state index in [4.69, 9.17) is 9.97 Å². The molecule has 4 aromatic carbocycles. The minimum Gasteiger partial charge on any atom is -0.256 e. The molecule has 2 aromatic heterocycles. The van der Waals surface area contributed by atoms with Crippen LogP contribution < -0.4 is 10.6 Å². The van der Waals surface area contributed by atoms with Crippen LogP contribution in [0.25, 0.3) is 44.8 Å². The topological polar surface area (TPSA) is 25.8 Å². The molecule has 0 aliphatic carbocycles. The quantitative estimate of drug-likeness (QED) is 0.209. The van der Waals surface area contributed by atoms with E-state index in [1.165, 1.54) is 11.1 Å². The Morgan fingerprint density at radius 2 is 0.667 bits per heavy atom. The van der Waals surface area contributed by atoms with E-state index in [-0.39, 0.29) is 0 Å². The fourth-order valence-corrected chi connectivity index (χ4v) is 7.12. The van der Waals surface area contributed by atoms with Gasteiger partial charge < -0.3 is 0 Å². The predicted molar refractivity (Wildman–Crippen MR) is 167 cm³/mol. The van der Waals surface area contributed by atoms with E-state index in [9.17, 15) is 0 Å². The van der Waals surface area contributed by atoms with Gasteiger partial charge in [-0.1, -0.05) is 147 Å². The molecule has 0 saturated carbocycles. The van der Waals surface area contributed by atoms with Gasteiger partial charge in [-0.05, 0) is 23.3 Å². The van der Waals surface area contributed by atoms with E-state index in [1.807, 2.05) is 0 Å². The van der Waals surface area contributed by atoms with Crippen molar-refractivity contribution in [3.05, 3.63) is 146 Å². The summed E-state index contributed by atoms with van der Waals surface area (Å²) in [6.07, 6.45) is 0. The zero-order valence-electron chi connectivity index (χ0n) is 22.3. The van der Waals surface area contributed by atoms with E-state index in [0.29, 0.717) is 0 Å². The Labute approximate surface area is 231 Å². The monoisotopic (exact) mass is 518 g/mol. The Morgan fingerprint density at radius 1 is 0.359 bits per heavy atom. The van der Waals surface area contributed by atoms with Gasteiger partial charge in [0.2, 0.25) is 0 Å². The third-order valence-corrected chi connectivity index (χ3v) is 10.5. The summed E-state index contributed by atoms with van der Waals surface area (Å²) >= 11 is 0. The van der Waals surface area contributed by atoms with Gasteiger partial charge in [0, 0.05) is 32.9 Å². The van der Waals surface area contributed by atoms with Gasteiger partial charge in [0.1, 0.15) is 0 Å². The van der Waals surface area contributed by atoms with E-state index in [1.54, 1.807) is 0 Å². The summed E-state index contributed by atoms with van der Waals surface area (Å²) in [4.78, 5) is 10.7. The Balaban J connectivity index is 1.50. The molecular weight excluding hydrogens is 488 g/mol. The summed E-state index contributed by atoms with van der Waals surface area (Å²) in [5.41, 5.74) is 8.92.